The number of anilines is 1. The summed E-state index contributed by atoms with van der Waals surface area (Å²) in [5, 5.41) is 3.66. The number of carbonyl (C=O) groups is 2. The van der Waals surface area contributed by atoms with Crippen molar-refractivity contribution < 1.29 is 9.59 Å². The fourth-order valence-corrected chi connectivity index (χ4v) is 3.09. The molecule has 7 heteroatoms. The first-order valence-corrected chi connectivity index (χ1v) is 9.77. The molecule has 2 amide bonds. The number of rotatable bonds is 8. The van der Waals surface area contributed by atoms with Gasteiger partial charge in [0.2, 0.25) is 5.91 Å². The molecule has 0 radical (unpaired) electrons. The van der Waals surface area contributed by atoms with Gasteiger partial charge in [-0.25, -0.2) is 0 Å². The average molecular weight is 422 g/mol. The molecule has 0 unspecified atom stereocenters. The largest absolute Gasteiger partial charge is 0.334 e. The molecular weight excluding hydrogens is 397 g/mol. The summed E-state index contributed by atoms with van der Waals surface area (Å²) in [6.45, 7) is 3.39. The highest BCUT2D eigenvalue weighted by molar-refractivity contribution is 6.42. The summed E-state index contributed by atoms with van der Waals surface area (Å²) in [6.07, 6.45) is 0.851. The van der Waals surface area contributed by atoms with Crippen LogP contribution >= 0.6 is 23.2 Å². The summed E-state index contributed by atoms with van der Waals surface area (Å²) in [6, 6.07) is 12.3. The number of nitrogens with one attached hydrogen (secondary N) is 1. The maximum Gasteiger partial charge on any atom is 0.254 e. The number of halogens is 2. The molecule has 0 aliphatic heterocycles. The first-order valence-electron chi connectivity index (χ1n) is 9.02. The number of hydrogen-bond acceptors (Lipinski definition) is 3. The van der Waals surface area contributed by atoms with Gasteiger partial charge in [-0.15, -0.1) is 0 Å². The number of amides is 2. The Balaban J connectivity index is 2.17. The molecule has 0 aromatic heterocycles. The third kappa shape index (κ3) is 6.82. The van der Waals surface area contributed by atoms with Gasteiger partial charge in [-0.2, -0.15) is 0 Å². The molecule has 2 aromatic carbocycles. The zero-order valence-corrected chi connectivity index (χ0v) is 17.8. The Kier molecular flexibility index (Phi) is 8.30. The van der Waals surface area contributed by atoms with Crippen LogP contribution in [0.2, 0.25) is 10.0 Å². The SMILES string of the molecule is CC(=O)Nc1ccc(C(=O)N(CCCN(C)C)Cc2ccc(Cl)c(Cl)c2)cc1. The third-order valence-electron chi connectivity index (χ3n) is 4.13. The van der Waals surface area contributed by atoms with Gasteiger partial charge in [0, 0.05) is 31.3 Å². The predicted molar refractivity (Wildman–Crippen MR) is 115 cm³/mol. The first-order chi connectivity index (χ1) is 13.3. The Morgan fingerprint density at radius 2 is 1.64 bits per heavy atom. The van der Waals surface area contributed by atoms with Gasteiger partial charge in [-0.05, 0) is 69.0 Å². The van der Waals surface area contributed by atoms with Crippen LogP contribution in [0, 0.1) is 0 Å². The molecule has 0 aliphatic rings. The summed E-state index contributed by atoms with van der Waals surface area (Å²) in [5.74, 6) is -0.219. The van der Waals surface area contributed by atoms with Crippen molar-refractivity contribution in [1.29, 1.82) is 0 Å². The van der Waals surface area contributed by atoms with Crippen LogP contribution in [0.15, 0.2) is 42.5 Å². The summed E-state index contributed by atoms with van der Waals surface area (Å²) in [4.78, 5) is 28.1. The Labute approximate surface area is 176 Å². The van der Waals surface area contributed by atoms with E-state index in [0.29, 0.717) is 34.4 Å². The van der Waals surface area contributed by atoms with E-state index in [-0.39, 0.29) is 11.8 Å². The van der Waals surface area contributed by atoms with Gasteiger partial charge in [0.15, 0.2) is 0 Å². The number of nitrogens with zero attached hydrogens (tertiary/aromatic N) is 2. The fourth-order valence-electron chi connectivity index (χ4n) is 2.77. The molecule has 28 heavy (non-hydrogen) atoms. The lowest BCUT2D eigenvalue weighted by atomic mass is 10.1. The van der Waals surface area contributed by atoms with Crippen molar-refractivity contribution in [2.24, 2.45) is 0 Å². The van der Waals surface area contributed by atoms with Crippen molar-refractivity contribution in [3.8, 4) is 0 Å². The van der Waals surface area contributed by atoms with Crippen molar-refractivity contribution in [3.05, 3.63) is 63.6 Å². The van der Waals surface area contributed by atoms with Crippen molar-refractivity contribution in [2.75, 3.05) is 32.5 Å². The second-order valence-corrected chi connectivity index (χ2v) is 7.70. The Bertz CT molecular complexity index is 823. The Hall–Kier alpha value is -2.08. The molecule has 1 N–H and O–H groups in total. The topological polar surface area (TPSA) is 52.7 Å². The standard InChI is InChI=1S/C21H25Cl2N3O2/c1-15(27)24-18-8-6-17(7-9-18)21(28)26(12-4-11-25(2)3)14-16-5-10-19(22)20(23)13-16/h5-10,13H,4,11-12,14H2,1-3H3,(H,24,27). The summed E-state index contributed by atoms with van der Waals surface area (Å²) in [5.41, 5.74) is 2.15. The molecule has 0 fully saturated rings. The lowest BCUT2D eigenvalue weighted by Gasteiger charge is -2.24. The second kappa shape index (κ2) is 10.5. The molecule has 0 spiro atoms. The predicted octanol–water partition coefficient (Wildman–Crippen LogP) is 4.55. The quantitative estimate of drug-likeness (QED) is 0.680. The molecule has 2 aromatic rings. The van der Waals surface area contributed by atoms with Crippen LogP contribution in [0.3, 0.4) is 0 Å². The maximum absolute atomic E-state index is 13.1. The van der Waals surface area contributed by atoms with Gasteiger partial charge in [-0.1, -0.05) is 29.3 Å². The first kappa shape index (κ1) is 22.2. The minimum atomic E-state index is -0.149. The van der Waals surface area contributed by atoms with E-state index >= 15 is 0 Å². The average Bonchev–Trinajstić information content (AvgIpc) is 2.63. The Morgan fingerprint density at radius 1 is 0.964 bits per heavy atom. The van der Waals surface area contributed by atoms with Crippen LogP contribution in [-0.2, 0) is 11.3 Å². The highest BCUT2D eigenvalue weighted by Crippen LogP contribution is 2.24. The van der Waals surface area contributed by atoms with E-state index in [4.69, 9.17) is 23.2 Å². The van der Waals surface area contributed by atoms with Gasteiger partial charge in [0.25, 0.3) is 5.91 Å². The van der Waals surface area contributed by atoms with Gasteiger partial charge in [0.05, 0.1) is 10.0 Å². The minimum Gasteiger partial charge on any atom is -0.334 e. The third-order valence-corrected chi connectivity index (χ3v) is 4.87. The fraction of sp³-hybridized carbons (Fsp3) is 0.333. The highest BCUT2D eigenvalue weighted by atomic mass is 35.5. The van der Waals surface area contributed by atoms with Crippen LogP contribution in [0.4, 0.5) is 5.69 Å². The number of hydrogen-bond donors (Lipinski definition) is 1. The summed E-state index contributed by atoms with van der Waals surface area (Å²) >= 11 is 12.1. The minimum absolute atomic E-state index is 0.0702. The normalized spacial score (nSPS) is 10.8. The van der Waals surface area contributed by atoms with Crippen LogP contribution in [0.25, 0.3) is 0 Å². The van der Waals surface area contributed by atoms with E-state index in [1.165, 1.54) is 6.92 Å². The molecule has 0 heterocycles. The summed E-state index contributed by atoms with van der Waals surface area (Å²) < 4.78 is 0. The Morgan fingerprint density at radius 3 is 2.21 bits per heavy atom. The van der Waals surface area contributed by atoms with Crippen LogP contribution < -0.4 is 5.32 Å². The lowest BCUT2D eigenvalue weighted by molar-refractivity contribution is -0.114. The van der Waals surface area contributed by atoms with Crippen molar-refractivity contribution in [3.63, 3.8) is 0 Å². The number of carbonyl (C=O) groups excluding carboxylic acids is 2. The van der Waals surface area contributed by atoms with Gasteiger partial charge >= 0.3 is 0 Å². The highest BCUT2D eigenvalue weighted by Gasteiger charge is 2.17. The van der Waals surface area contributed by atoms with Gasteiger partial charge < -0.3 is 15.1 Å². The van der Waals surface area contributed by atoms with E-state index in [1.54, 1.807) is 41.3 Å². The van der Waals surface area contributed by atoms with Crippen molar-refractivity contribution in [2.45, 2.75) is 19.9 Å². The second-order valence-electron chi connectivity index (χ2n) is 6.89. The molecular formula is C21H25Cl2N3O2. The van der Waals surface area contributed by atoms with Crippen LogP contribution in [0.1, 0.15) is 29.3 Å². The molecule has 0 saturated heterocycles. The smallest absolute Gasteiger partial charge is 0.254 e. The van der Waals surface area contributed by atoms with Crippen molar-refractivity contribution in [1.82, 2.24) is 9.80 Å². The van der Waals surface area contributed by atoms with Crippen molar-refractivity contribution >= 4 is 40.7 Å². The monoisotopic (exact) mass is 421 g/mol. The lowest BCUT2D eigenvalue weighted by Crippen LogP contribution is -2.33. The van der Waals surface area contributed by atoms with E-state index in [9.17, 15) is 9.59 Å². The summed E-state index contributed by atoms with van der Waals surface area (Å²) in [7, 11) is 4.01. The molecule has 150 valence electrons. The molecule has 0 saturated carbocycles. The van der Waals surface area contributed by atoms with E-state index in [1.807, 2.05) is 20.2 Å². The van der Waals surface area contributed by atoms with Crippen LogP contribution in [0.5, 0.6) is 0 Å². The van der Waals surface area contributed by atoms with Crippen LogP contribution in [-0.4, -0.2) is 48.8 Å². The maximum atomic E-state index is 13.1. The molecule has 0 atom stereocenters. The molecule has 5 nitrogen and oxygen atoms in total. The zero-order valence-electron chi connectivity index (χ0n) is 16.3. The van der Waals surface area contributed by atoms with Gasteiger partial charge in [0.1, 0.15) is 0 Å². The number of benzene rings is 2. The van der Waals surface area contributed by atoms with E-state index in [2.05, 4.69) is 10.2 Å². The molecule has 2 rings (SSSR count). The van der Waals surface area contributed by atoms with Gasteiger partial charge in [-0.3, -0.25) is 9.59 Å². The molecule has 0 bridgehead atoms. The van der Waals surface area contributed by atoms with E-state index < -0.39 is 0 Å². The zero-order chi connectivity index (χ0) is 20.7. The van der Waals surface area contributed by atoms with E-state index in [0.717, 1.165) is 18.5 Å². The molecule has 0 aliphatic carbocycles.